The van der Waals surface area contributed by atoms with E-state index in [1.807, 2.05) is 0 Å². The van der Waals surface area contributed by atoms with Crippen molar-refractivity contribution in [1.82, 2.24) is 0 Å². The van der Waals surface area contributed by atoms with E-state index in [1.54, 1.807) is 0 Å². The summed E-state index contributed by atoms with van der Waals surface area (Å²) in [6, 6.07) is 0. The standard InChI is InChI=1S/C68H134O7/c1-7-13-19-25-37-43-53-63-73-67(57-47-41-35-31-27-29-33-39-45-55-65(69-59-49-21-15-9-3)70-60-50-22-16-10-4)75-68(74-64-54-44-38-26-20-14-8-2)58-48-42-36-32-28-30-34-40-46-56-66(71-61-51-23-17-11-5)72-62-52-24-18-12-6/h47-48,57-58,65-68H,7-46,49-56,59-64H2,1-6H3. The molecule has 0 saturated heterocycles. The topological polar surface area (TPSA) is 64.6 Å². The molecule has 0 aromatic heterocycles. The summed E-state index contributed by atoms with van der Waals surface area (Å²) < 4.78 is 44.5. The molecule has 7 heteroatoms. The van der Waals surface area contributed by atoms with Gasteiger partial charge in [0.15, 0.2) is 25.2 Å². The first-order valence-corrected chi connectivity index (χ1v) is 33.8. The molecule has 448 valence electrons. The van der Waals surface area contributed by atoms with Crippen molar-refractivity contribution >= 4 is 0 Å². The van der Waals surface area contributed by atoms with Crippen molar-refractivity contribution in [3.05, 3.63) is 24.3 Å². The molecule has 0 aliphatic heterocycles. The van der Waals surface area contributed by atoms with E-state index in [9.17, 15) is 0 Å². The lowest BCUT2D eigenvalue weighted by Crippen LogP contribution is -2.25. The molecule has 2 unspecified atom stereocenters. The summed E-state index contributed by atoms with van der Waals surface area (Å²) in [5, 5.41) is 0. The minimum Gasteiger partial charge on any atom is -0.353 e. The fourth-order valence-electron chi connectivity index (χ4n) is 9.66. The minimum absolute atomic E-state index is 0.0167. The van der Waals surface area contributed by atoms with Crippen LogP contribution < -0.4 is 0 Å². The maximum absolute atomic E-state index is 6.66. The van der Waals surface area contributed by atoms with E-state index in [0.717, 1.165) is 104 Å². The molecule has 0 aromatic rings. The van der Waals surface area contributed by atoms with Crippen molar-refractivity contribution in [2.45, 2.75) is 375 Å². The molecular formula is C68H134O7. The second-order valence-corrected chi connectivity index (χ2v) is 22.4. The number of unbranched alkanes of at least 4 members (excludes halogenated alkanes) is 38. The van der Waals surface area contributed by atoms with Crippen LogP contribution in [0, 0.1) is 0 Å². The van der Waals surface area contributed by atoms with Crippen LogP contribution in [0.5, 0.6) is 0 Å². The second kappa shape index (κ2) is 65.7. The SMILES string of the molecule is CCCCCCCCCOC(C=CCCCCCCCCCC(OCCCCCC)OCCCCCC)OC(C=CCCCCCCCCCC(OCCCCCC)OCCCCCC)OCCCCCCCCC. The van der Waals surface area contributed by atoms with Gasteiger partial charge in [-0.2, -0.15) is 0 Å². The fourth-order valence-corrected chi connectivity index (χ4v) is 9.66. The van der Waals surface area contributed by atoms with E-state index >= 15 is 0 Å². The number of hydrogen-bond donors (Lipinski definition) is 0. The van der Waals surface area contributed by atoms with Gasteiger partial charge in [-0.15, -0.1) is 0 Å². The van der Waals surface area contributed by atoms with Gasteiger partial charge >= 0.3 is 0 Å². The van der Waals surface area contributed by atoms with Crippen LogP contribution in [0.15, 0.2) is 24.3 Å². The van der Waals surface area contributed by atoms with Gasteiger partial charge in [-0.3, -0.25) is 0 Å². The number of ether oxygens (including phenoxy) is 7. The zero-order valence-corrected chi connectivity index (χ0v) is 51.7. The minimum atomic E-state index is -0.386. The van der Waals surface area contributed by atoms with E-state index in [1.165, 1.54) is 244 Å². The Kier molecular flexibility index (Phi) is 65.0. The van der Waals surface area contributed by atoms with Crippen molar-refractivity contribution in [1.29, 1.82) is 0 Å². The fraction of sp³-hybridized carbons (Fsp3) is 0.941. The third kappa shape index (κ3) is 59.2. The Morgan fingerprint density at radius 1 is 0.227 bits per heavy atom. The predicted octanol–water partition coefficient (Wildman–Crippen LogP) is 22.4. The first-order chi connectivity index (χ1) is 37.1. The molecule has 0 N–H and O–H groups in total. The average molecular weight is 1060 g/mol. The van der Waals surface area contributed by atoms with Crippen molar-refractivity contribution in [2.75, 3.05) is 39.6 Å². The van der Waals surface area contributed by atoms with Crippen molar-refractivity contribution in [3.8, 4) is 0 Å². The molecule has 0 aliphatic rings. The predicted molar refractivity (Wildman–Crippen MR) is 326 cm³/mol. The van der Waals surface area contributed by atoms with Crippen LogP contribution in [0.4, 0.5) is 0 Å². The van der Waals surface area contributed by atoms with Crippen molar-refractivity contribution in [2.24, 2.45) is 0 Å². The van der Waals surface area contributed by atoms with Gasteiger partial charge in [-0.05, 0) is 102 Å². The highest BCUT2D eigenvalue weighted by Crippen LogP contribution is 2.19. The molecule has 0 aliphatic carbocycles. The van der Waals surface area contributed by atoms with E-state index in [2.05, 4.69) is 65.8 Å². The van der Waals surface area contributed by atoms with Gasteiger partial charge in [0.25, 0.3) is 0 Å². The summed E-state index contributed by atoms with van der Waals surface area (Å²) in [6.07, 6.45) is 67.9. The largest absolute Gasteiger partial charge is 0.353 e. The van der Waals surface area contributed by atoms with Crippen molar-refractivity contribution < 1.29 is 33.2 Å². The van der Waals surface area contributed by atoms with Crippen LogP contribution in [-0.2, 0) is 33.2 Å². The summed E-state index contributed by atoms with van der Waals surface area (Å²) in [7, 11) is 0. The smallest absolute Gasteiger partial charge is 0.180 e. The quantitative estimate of drug-likeness (QED) is 0.0342. The molecule has 0 amide bonds. The summed E-state index contributed by atoms with van der Waals surface area (Å²) in [4.78, 5) is 0. The van der Waals surface area contributed by atoms with Gasteiger partial charge in [0.2, 0.25) is 0 Å². The maximum Gasteiger partial charge on any atom is 0.180 e. The zero-order chi connectivity index (χ0) is 54.3. The van der Waals surface area contributed by atoms with Crippen LogP contribution in [0.1, 0.15) is 350 Å². The molecular weight excluding hydrogens is 929 g/mol. The molecule has 0 saturated carbocycles. The van der Waals surface area contributed by atoms with Crippen LogP contribution in [0.2, 0.25) is 0 Å². The normalized spacial score (nSPS) is 13.0. The Labute approximate surface area is 470 Å². The third-order valence-electron chi connectivity index (χ3n) is 14.7. The Balaban J connectivity index is 5.07. The highest BCUT2D eigenvalue weighted by Gasteiger charge is 2.15. The van der Waals surface area contributed by atoms with Gasteiger partial charge in [0, 0.05) is 26.4 Å². The molecule has 0 rings (SSSR count). The van der Waals surface area contributed by atoms with Crippen molar-refractivity contribution in [3.63, 3.8) is 0 Å². The van der Waals surface area contributed by atoms with Crippen LogP contribution in [-0.4, -0.2) is 64.8 Å². The second-order valence-electron chi connectivity index (χ2n) is 22.4. The molecule has 0 radical (unpaired) electrons. The molecule has 75 heavy (non-hydrogen) atoms. The van der Waals surface area contributed by atoms with Gasteiger partial charge in [0.05, 0.1) is 13.2 Å². The third-order valence-corrected chi connectivity index (χ3v) is 14.7. The Morgan fingerprint density at radius 3 is 0.720 bits per heavy atom. The number of allylic oxidation sites excluding steroid dienone is 2. The summed E-state index contributed by atoms with van der Waals surface area (Å²) >= 11 is 0. The van der Waals surface area contributed by atoms with Crippen LogP contribution in [0.3, 0.4) is 0 Å². The van der Waals surface area contributed by atoms with E-state index in [-0.39, 0.29) is 25.2 Å². The molecule has 0 spiro atoms. The highest BCUT2D eigenvalue weighted by molar-refractivity contribution is 4.90. The summed E-state index contributed by atoms with van der Waals surface area (Å²) in [5.41, 5.74) is 0. The van der Waals surface area contributed by atoms with Crippen LogP contribution >= 0.6 is 0 Å². The lowest BCUT2D eigenvalue weighted by Gasteiger charge is -2.22. The number of hydrogen-bond acceptors (Lipinski definition) is 7. The van der Waals surface area contributed by atoms with E-state index in [4.69, 9.17) is 33.2 Å². The Hall–Kier alpha value is -0.800. The first kappa shape index (κ1) is 74.2. The Morgan fingerprint density at radius 2 is 0.440 bits per heavy atom. The molecule has 0 fully saturated rings. The molecule has 2 atom stereocenters. The van der Waals surface area contributed by atoms with Gasteiger partial charge in [0.1, 0.15) is 0 Å². The first-order valence-electron chi connectivity index (χ1n) is 33.8. The molecule has 0 bridgehead atoms. The van der Waals surface area contributed by atoms with Gasteiger partial charge in [-0.25, -0.2) is 0 Å². The maximum atomic E-state index is 6.66. The lowest BCUT2D eigenvalue weighted by molar-refractivity contribution is -0.208. The van der Waals surface area contributed by atoms with Gasteiger partial charge in [-0.1, -0.05) is 272 Å². The summed E-state index contributed by atoms with van der Waals surface area (Å²) in [6.45, 7) is 18.5. The van der Waals surface area contributed by atoms with E-state index < -0.39 is 0 Å². The zero-order valence-electron chi connectivity index (χ0n) is 51.7. The summed E-state index contributed by atoms with van der Waals surface area (Å²) in [5.74, 6) is 0. The molecule has 7 nitrogen and oxygen atoms in total. The molecule has 0 heterocycles. The van der Waals surface area contributed by atoms with Gasteiger partial charge < -0.3 is 33.2 Å². The highest BCUT2D eigenvalue weighted by atomic mass is 16.8. The number of rotatable bonds is 66. The average Bonchev–Trinajstić information content (AvgIpc) is 3.41. The Bertz CT molecular complexity index is 974. The monoisotopic (exact) mass is 1060 g/mol. The van der Waals surface area contributed by atoms with Crippen LogP contribution in [0.25, 0.3) is 0 Å². The van der Waals surface area contributed by atoms with E-state index in [0.29, 0.717) is 0 Å². The molecule has 0 aromatic carbocycles. The lowest BCUT2D eigenvalue weighted by atomic mass is 10.1.